The van der Waals surface area contributed by atoms with E-state index >= 15 is 0 Å². The van der Waals surface area contributed by atoms with E-state index < -0.39 is 0 Å². The second-order valence-corrected chi connectivity index (χ2v) is 3.01. The van der Waals surface area contributed by atoms with Crippen LogP contribution >= 0.6 is 0 Å². The monoisotopic (exact) mass is 160 g/mol. The number of rotatable bonds is 6. The number of unbranched alkanes of at least 4 members (excludes halogenated alkanes) is 2. The normalized spacial score (nSPS) is 16.4. The van der Waals surface area contributed by atoms with Crippen LogP contribution in [0.5, 0.6) is 0 Å². The van der Waals surface area contributed by atoms with Crippen LogP contribution in [0.4, 0.5) is 0 Å². The Morgan fingerprint density at radius 2 is 1.82 bits per heavy atom. The van der Waals surface area contributed by atoms with Gasteiger partial charge in [-0.3, -0.25) is 0 Å². The summed E-state index contributed by atoms with van der Waals surface area (Å²) in [7, 11) is 0. The molecule has 68 valence electrons. The molecule has 0 aromatic rings. The Labute approximate surface area is 68.8 Å². The first-order valence-corrected chi connectivity index (χ1v) is 4.34. The second-order valence-electron chi connectivity index (χ2n) is 3.01. The zero-order valence-electron chi connectivity index (χ0n) is 7.29. The van der Waals surface area contributed by atoms with Gasteiger partial charge < -0.3 is 16.6 Å². The smallest absolute Gasteiger partial charge is 0.0597 e. The minimum Gasteiger partial charge on any atom is -0.395 e. The Bertz CT molecular complexity index is 88.2. The fraction of sp³-hybridized carbons (Fsp3) is 1.00. The molecule has 11 heavy (non-hydrogen) atoms. The van der Waals surface area contributed by atoms with Crippen molar-refractivity contribution in [3.8, 4) is 0 Å². The largest absolute Gasteiger partial charge is 0.395 e. The molecule has 2 atom stereocenters. The Morgan fingerprint density at radius 1 is 1.18 bits per heavy atom. The van der Waals surface area contributed by atoms with E-state index in [0.29, 0.717) is 0 Å². The zero-order chi connectivity index (χ0) is 8.69. The van der Waals surface area contributed by atoms with Crippen LogP contribution in [0.25, 0.3) is 0 Å². The molecule has 0 aromatic carbocycles. The molecule has 0 aliphatic rings. The molecule has 0 aromatic heterocycles. The Morgan fingerprint density at radius 3 is 2.27 bits per heavy atom. The van der Waals surface area contributed by atoms with Crippen molar-refractivity contribution in [2.24, 2.45) is 11.5 Å². The van der Waals surface area contributed by atoms with Gasteiger partial charge in [0.25, 0.3) is 0 Å². The third-order valence-corrected chi connectivity index (χ3v) is 1.90. The summed E-state index contributed by atoms with van der Waals surface area (Å²) < 4.78 is 0. The van der Waals surface area contributed by atoms with Gasteiger partial charge in [0, 0.05) is 12.1 Å². The topological polar surface area (TPSA) is 72.3 Å². The Balaban J connectivity index is 3.28. The van der Waals surface area contributed by atoms with Gasteiger partial charge in [0.05, 0.1) is 6.61 Å². The number of hydrogen-bond donors (Lipinski definition) is 3. The maximum Gasteiger partial charge on any atom is 0.0597 e. The molecule has 3 heteroatoms. The first-order valence-electron chi connectivity index (χ1n) is 4.34. The van der Waals surface area contributed by atoms with Crippen LogP contribution in [0.3, 0.4) is 0 Å². The van der Waals surface area contributed by atoms with Crippen LogP contribution in [0.1, 0.15) is 32.6 Å². The quantitative estimate of drug-likeness (QED) is 0.486. The molecule has 0 saturated carbocycles. The van der Waals surface area contributed by atoms with Crippen molar-refractivity contribution in [1.29, 1.82) is 0 Å². The van der Waals surface area contributed by atoms with Gasteiger partial charge in [-0.15, -0.1) is 0 Å². The molecule has 0 aliphatic carbocycles. The molecule has 0 spiro atoms. The van der Waals surface area contributed by atoms with Gasteiger partial charge in [0.1, 0.15) is 0 Å². The van der Waals surface area contributed by atoms with Crippen molar-refractivity contribution < 1.29 is 5.11 Å². The van der Waals surface area contributed by atoms with E-state index in [2.05, 4.69) is 6.92 Å². The van der Waals surface area contributed by atoms with Gasteiger partial charge in [-0.05, 0) is 6.42 Å². The Kier molecular flexibility index (Phi) is 6.51. The summed E-state index contributed by atoms with van der Waals surface area (Å²) in [5.74, 6) is 0. The van der Waals surface area contributed by atoms with Crippen LogP contribution < -0.4 is 11.5 Å². The SMILES string of the molecule is CCCCCC(N)C(N)CO. The number of nitrogens with two attached hydrogens (primary N) is 2. The molecular weight excluding hydrogens is 140 g/mol. The lowest BCUT2D eigenvalue weighted by molar-refractivity contribution is 0.244. The molecule has 0 saturated heterocycles. The lowest BCUT2D eigenvalue weighted by atomic mass is 10.0. The van der Waals surface area contributed by atoms with Gasteiger partial charge in [0.15, 0.2) is 0 Å². The van der Waals surface area contributed by atoms with Gasteiger partial charge >= 0.3 is 0 Å². The lowest BCUT2D eigenvalue weighted by Crippen LogP contribution is -2.43. The summed E-state index contributed by atoms with van der Waals surface area (Å²) in [6.07, 6.45) is 4.44. The summed E-state index contributed by atoms with van der Waals surface area (Å²) >= 11 is 0. The van der Waals surface area contributed by atoms with E-state index in [9.17, 15) is 0 Å². The fourth-order valence-corrected chi connectivity index (χ4v) is 0.980. The standard InChI is InChI=1S/C8H20N2O/c1-2-3-4-5-7(9)8(10)6-11/h7-8,11H,2-6,9-10H2,1H3. The van der Waals surface area contributed by atoms with Crippen LogP contribution in [0, 0.1) is 0 Å². The van der Waals surface area contributed by atoms with Gasteiger partial charge in [-0.25, -0.2) is 0 Å². The van der Waals surface area contributed by atoms with Crippen LogP contribution in [-0.2, 0) is 0 Å². The van der Waals surface area contributed by atoms with Crippen molar-refractivity contribution in [3.05, 3.63) is 0 Å². The molecule has 0 amide bonds. The van der Waals surface area contributed by atoms with Crippen molar-refractivity contribution in [3.63, 3.8) is 0 Å². The highest BCUT2D eigenvalue weighted by Crippen LogP contribution is 2.03. The molecular formula is C8H20N2O. The molecule has 0 aliphatic heterocycles. The predicted molar refractivity (Wildman–Crippen MR) is 47.2 cm³/mol. The molecule has 2 unspecified atom stereocenters. The molecule has 0 radical (unpaired) electrons. The number of hydrogen-bond acceptors (Lipinski definition) is 3. The van der Waals surface area contributed by atoms with Crippen molar-refractivity contribution in [1.82, 2.24) is 0 Å². The second kappa shape index (κ2) is 6.58. The predicted octanol–water partition coefficient (Wildman–Crippen LogP) is 0.214. The first kappa shape index (κ1) is 10.9. The first-order chi connectivity index (χ1) is 5.22. The van der Waals surface area contributed by atoms with E-state index in [1.807, 2.05) is 0 Å². The minimum atomic E-state index is -0.244. The molecule has 0 heterocycles. The van der Waals surface area contributed by atoms with Gasteiger partial charge in [-0.2, -0.15) is 0 Å². The maximum atomic E-state index is 8.66. The van der Waals surface area contributed by atoms with Gasteiger partial charge in [0.2, 0.25) is 0 Å². The van der Waals surface area contributed by atoms with Crippen LogP contribution in [0.15, 0.2) is 0 Å². The number of aliphatic hydroxyl groups is 1. The average molecular weight is 160 g/mol. The summed E-state index contributed by atoms with van der Waals surface area (Å²) in [4.78, 5) is 0. The fourth-order valence-electron chi connectivity index (χ4n) is 0.980. The molecule has 5 N–H and O–H groups in total. The van der Waals surface area contributed by atoms with Crippen LogP contribution in [0.2, 0.25) is 0 Å². The minimum absolute atomic E-state index is 0.00666. The number of aliphatic hydroxyl groups excluding tert-OH is 1. The highest BCUT2D eigenvalue weighted by atomic mass is 16.3. The highest BCUT2D eigenvalue weighted by Gasteiger charge is 2.10. The third-order valence-electron chi connectivity index (χ3n) is 1.90. The zero-order valence-corrected chi connectivity index (χ0v) is 7.29. The van der Waals surface area contributed by atoms with E-state index in [-0.39, 0.29) is 18.7 Å². The molecule has 0 rings (SSSR count). The molecule has 3 nitrogen and oxygen atoms in total. The van der Waals surface area contributed by atoms with E-state index in [1.54, 1.807) is 0 Å². The van der Waals surface area contributed by atoms with Crippen molar-refractivity contribution in [2.75, 3.05) is 6.61 Å². The van der Waals surface area contributed by atoms with Crippen molar-refractivity contribution in [2.45, 2.75) is 44.7 Å². The Hall–Kier alpha value is -0.120. The third kappa shape index (κ3) is 5.18. The molecule has 0 bridgehead atoms. The lowest BCUT2D eigenvalue weighted by Gasteiger charge is -2.16. The highest BCUT2D eigenvalue weighted by molar-refractivity contribution is 4.74. The average Bonchev–Trinajstić information content (AvgIpc) is 2.03. The molecule has 0 fully saturated rings. The van der Waals surface area contributed by atoms with Gasteiger partial charge in [-0.1, -0.05) is 26.2 Å². The van der Waals surface area contributed by atoms with Crippen LogP contribution in [-0.4, -0.2) is 23.8 Å². The summed E-state index contributed by atoms with van der Waals surface area (Å²) in [6.45, 7) is 2.14. The summed E-state index contributed by atoms with van der Waals surface area (Å²) in [5, 5.41) is 8.66. The maximum absolute atomic E-state index is 8.66. The summed E-state index contributed by atoms with van der Waals surface area (Å²) in [5.41, 5.74) is 11.2. The van der Waals surface area contributed by atoms with Crippen molar-refractivity contribution >= 4 is 0 Å². The van der Waals surface area contributed by atoms with E-state index in [0.717, 1.165) is 12.8 Å². The van der Waals surface area contributed by atoms with E-state index in [1.165, 1.54) is 12.8 Å². The summed E-state index contributed by atoms with van der Waals surface area (Å²) in [6, 6.07) is -0.279. The van der Waals surface area contributed by atoms with E-state index in [4.69, 9.17) is 16.6 Å².